The summed E-state index contributed by atoms with van der Waals surface area (Å²) in [6.45, 7) is 19.8. The quantitative estimate of drug-likeness (QED) is 0.134. The van der Waals surface area contributed by atoms with Gasteiger partial charge in [-0.05, 0) is 85.8 Å². The van der Waals surface area contributed by atoms with Gasteiger partial charge < -0.3 is 20.4 Å². The van der Waals surface area contributed by atoms with Crippen molar-refractivity contribution in [3.63, 3.8) is 0 Å². The van der Waals surface area contributed by atoms with E-state index in [2.05, 4.69) is 54.2 Å². The van der Waals surface area contributed by atoms with Crippen LogP contribution in [0, 0.1) is 13.8 Å². The maximum Gasteiger partial charge on any atom is 0.503 e. The Hall–Kier alpha value is -3.55. The summed E-state index contributed by atoms with van der Waals surface area (Å²) in [5.74, 6) is 2.12. The molecule has 53 heavy (non-hydrogen) atoms. The average molecular weight is 773 g/mol. The van der Waals surface area contributed by atoms with Gasteiger partial charge in [-0.25, -0.2) is 4.79 Å². The summed E-state index contributed by atoms with van der Waals surface area (Å²) in [5, 5.41) is 36.1. The third-order valence-corrected chi connectivity index (χ3v) is 10.3. The topological polar surface area (TPSA) is 132 Å². The summed E-state index contributed by atoms with van der Waals surface area (Å²) in [7, 11) is 0. The Labute approximate surface area is 329 Å². The molecule has 4 N–H and O–H groups in total. The zero-order valence-electron chi connectivity index (χ0n) is 32.3. The van der Waals surface area contributed by atoms with Gasteiger partial charge in [0, 0.05) is 53.8 Å². The number of aliphatic imine (C=N–C) groups is 2. The van der Waals surface area contributed by atoms with E-state index in [9.17, 15) is 10.2 Å². The van der Waals surface area contributed by atoms with E-state index < -0.39 is 6.16 Å². The third-order valence-electron chi connectivity index (χ3n) is 10.3. The molecule has 294 valence electrons. The molecular weight excluding hydrogens is 706 g/mol. The first-order valence-corrected chi connectivity index (χ1v) is 19.0. The van der Waals surface area contributed by atoms with E-state index in [1.807, 2.05) is 38.4 Å². The van der Waals surface area contributed by atoms with E-state index in [4.69, 9.17) is 25.0 Å². The van der Waals surface area contributed by atoms with Gasteiger partial charge in [-0.15, -0.1) is 0 Å². The molecule has 2 heterocycles. The van der Waals surface area contributed by atoms with Crippen LogP contribution in [0.1, 0.15) is 126 Å². The van der Waals surface area contributed by atoms with E-state index >= 15 is 0 Å². The van der Waals surface area contributed by atoms with Gasteiger partial charge in [0.15, 0.2) is 0 Å². The number of hydrogen-bond acceptors (Lipinski definition) is 7. The van der Waals surface area contributed by atoms with Crippen molar-refractivity contribution in [2.45, 2.75) is 131 Å². The number of rotatable bonds is 11. The van der Waals surface area contributed by atoms with Crippen LogP contribution in [0.4, 0.5) is 4.79 Å². The van der Waals surface area contributed by atoms with Gasteiger partial charge in [0.1, 0.15) is 11.5 Å². The normalized spacial score (nSPS) is 19.0. The number of guanidine groups is 1. The Balaban J connectivity index is 0.00000154. The molecule has 0 spiro atoms. The molecule has 1 saturated carbocycles. The summed E-state index contributed by atoms with van der Waals surface area (Å²) in [6.07, 6.45) is 12.9. The second-order valence-electron chi connectivity index (χ2n) is 15.5. The molecule has 2 atom stereocenters. The first kappa shape index (κ1) is 45.6. The van der Waals surface area contributed by atoms with Crippen LogP contribution in [0.25, 0.3) is 0 Å². The number of benzene rings is 2. The van der Waals surface area contributed by atoms with E-state index in [0.717, 1.165) is 86.0 Å². The fourth-order valence-electron chi connectivity index (χ4n) is 7.57. The van der Waals surface area contributed by atoms with Crippen LogP contribution in [0.15, 0.2) is 34.3 Å². The molecule has 2 unspecified atom stereocenters. The number of nitrogens with zero attached hydrogens (tertiary/aromatic N) is 5. The number of aryl methyl sites for hydroxylation is 3. The molecule has 11 heteroatoms. The molecule has 10 nitrogen and oxygen atoms in total. The second-order valence-corrected chi connectivity index (χ2v) is 15.5. The Bertz CT molecular complexity index is 1580. The number of aromatic hydroxyl groups is 2. The van der Waals surface area contributed by atoms with Crippen LogP contribution in [0.5, 0.6) is 11.5 Å². The number of phenols is 2. The van der Waals surface area contributed by atoms with E-state index in [1.165, 1.54) is 56.8 Å². The van der Waals surface area contributed by atoms with Gasteiger partial charge in [-0.2, -0.15) is 0 Å². The number of carboxylic acid groups (broad SMARTS) is 2. The van der Waals surface area contributed by atoms with Crippen LogP contribution in [-0.4, -0.2) is 111 Å². The fourth-order valence-corrected chi connectivity index (χ4v) is 7.57. The zero-order chi connectivity index (χ0) is 37.1. The molecule has 0 bridgehead atoms. The Kier molecular flexibility index (Phi) is 18.4. The summed E-state index contributed by atoms with van der Waals surface area (Å²) in [6, 6.07) is 8.45. The van der Waals surface area contributed by atoms with Crippen molar-refractivity contribution in [1.82, 2.24) is 9.80 Å². The average Bonchev–Trinajstić information content (AvgIpc) is 3.08. The Morgan fingerprint density at radius 3 is 1.91 bits per heavy atom. The Morgan fingerprint density at radius 2 is 1.38 bits per heavy atom. The van der Waals surface area contributed by atoms with Crippen molar-refractivity contribution >= 4 is 24.5 Å². The Morgan fingerprint density at radius 1 is 0.849 bits per heavy atom. The van der Waals surface area contributed by atoms with E-state index in [-0.39, 0.29) is 42.3 Å². The van der Waals surface area contributed by atoms with E-state index in [0.29, 0.717) is 11.5 Å². The molecule has 0 amide bonds. The number of carbonyl (C=O) groups is 1. The molecule has 1 aliphatic carbocycles. The maximum absolute atomic E-state index is 11.6. The molecule has 0 saturated heterocycles. The minimum Gasteiger partial charge on any atom is -0.507 e. The summed E-state index contributed by atoms with van der Waals surface area (Å²) in [5.41, 5.74) is 5.77. The fraction of sp³-hybridized carbons (Fsp3) is 0.619. The SMILES string of the molecule is C.CCCCN1CCC[N+]2=C1N(CCCc1cc(C(C)(C)C)cc(C=NC3CCCCC3N=Cc3cc(C)cc(C)c3O)c1O)CCC2.O=C(O)O.[Cr]. The molecule has 2 aromatic carbocycles. The minimum absolute atomic E-state index is 0. The van der Waals surface area contributed by atoms with Crippen molar-refractivity contribution in [2.75, 3.05) is 39.3 Å². The first-order valence-electron chi connectivity index (χ1n) is 19.0. The van der Waals surface area contributed by atoms with Crippen LogP contribution in [0.3, 0.4) is 0 Å². The monoisotopic (exact) mass is 772 g/mol. The third kappa shape index (κ3) is 13.1. The zero-order valence-corrected chi connectivity index (χ0v) is 33.5. The predicted octanol–water partition coefficient (Wildman–Crippen LogP) is 8.23. The van der Waals surface area contributed by atoms with Crippen molar-refractivity contribution in [3.8, 4) is 11.5 Å². The van der Waals surface area contributed by atoms with Crippen LogP contribution < -0.4 is 0 Å². The second kappa shape index (κ2) is 21.4. The number of phenolic OH excluding ortho intramolecular Hbond substituents is 2. The van der Waals surface area contributed by atoms with Gasteiger partial charge in [-0.1, -0.05) is 66.5 Å². The predicted molar refractivity (Wildman–Crippen MR) is 214 cm³/mol. The van der Waals surface area contributed by atoms with Crippen molar-refractivity contribution in [1.29, 1.82) is 0 Å². The van der Waals surface area contributed by atoms with Crippen molar-refractivity contribution in [2.24, 2.45) is 9.98 Å². The number of hydrogen-bond donors (Lipinski definition) is 4. The van der Waals surface area contributed by atoms with Crippen molar-refractivity contribution < 1.29 is 47.2 Å². The minimum atomic E-state index is -1.83. The largest absolute Gasteiger partial charge is 0.507 e. The van der Waals surface area contributed by atoms with Gasteiger partial charge in [0.25, 0.3) is 0 Å². The summed E-state index contributed by atoms with van der Waals surface area (Å²) >= 11 is 0. The van der Waals surface area contributed by atoms with E-state index in [1.54, 1.807) is 0 Å². The molecule has 0 radical (unpaired) electrons. The van der Waals surface area contributed by atoms with Gasteiger partial charge in [-0.3, -0.25) is 24.4 Å². The van der Waals surface area contributed by atoms with Gasteiger partial charge >= 0.3 is 12.1 Å². The summed E-state index contributed by atoms with van der Waals surface area (Å²) < 4.78 is 2.61. The molecule has 1 fully saturated rings. The molecule has 5 rings (SSSR count). The summed E-state index contributed by atoms with van der Waals surface area (Å²) in [4.78, 5) is 23.8. The molecule has 2 aliphatic heterocycles. The first-order chi connectivity index (χ1) is 24.3. The van der Waals surface area contributed by atoms with Crippen LogP contribution in [0.2, 0.25) is 0 Å². The molecule has 0 aromatic heterocycles. The van der Waals surface area contributed by atoms with Crippen molar-refractivity contribution in [3.05, 3.63) is 57.6 Å². The van der Waals surface area contributed by atoms with Crippen LogP contribution >= 0.6 is 0 Å². The molecular formula is C42H66CrN5O5+. The van der Waals surface area contributed by atoms with Gasteiger partial charge in [0.05, 0.1) is 51.4 Å². The maximum atomic E-state index is 11.6. The number of unbranched alkanes of at least 4 members (excludes halogenated alkanes) is 1. The van der Waals surface area contributed by atoms with Gasteiger partial charge in [0.2, 0.25) is 0 Å². The molecule has 3 aliphatic rings. The standard InChI is InChI=1S/C40H59N5O2.CH2O3.CH4.Cr/c1-7-8-17-43-19-12-21-45-22-13-20-44(39(43)45)18-11-14-31-25-34(40(4,5)6)26-33(38(31)47)28-42-36-16-10-9-15-35(36)41-27-32-24-29(2)23-30(3)37(32)46;2-1(3)4;;/h23-28,35-36H,7-22H2,1-6H3,(H-,41,42,46,47);(H2,2,3,4);1H4;/p+1. The van der Waals surface area contributed by atoms with Crippen LogP contribution in [-0.2, 0) is 29.2 Å². The smallest absolute Gasteiger partial charge is 0.503 e. The molecule has 2 aromatic rings.